The van der Waals surface area contributed by atoms with Gasteiger partial charge in [0.1, 0.15) is 0 Å². The van der Waals surface area contributed by atoms with Gasteiger partial charge in [0.2, 0.25) is 0 Å². The van der Waals surface area contributed by atoms with E-state index in [0.29, 0.717) is 0 Å². The predicted molar refractivity (Wildman–Crippen MR) is 52.6 cm³/mol. The van der Waals surface area contributed by atoms with Crippen LogP contribution in [0.3, 0.4) is 0 Å². The van der Waals surface area contributed by atoms with Gasteiger partial charge in [-0.05, 0) is 25.0 Å². The number of aliphatic imine (C=N–C) groups is 1. The van der Waals surface area contributed by atoms with Crippen LogP contribution in [0.4, 0.5) is 0 Å². The topological polar surface area (TPSA) is 36.4 Å². The van der Waals surface area contributed by atoms with E-state index in [4.69, 9.17) is 0 Å². The van der Waals surface area contributed by atoms with Gasteiger partial charge in [-0.1, -0.05) is 0 Å². The summed E-state index contributed by atoms with van der Waals surface area (Å²) in [7, 11) is 0. The Hall–Kier alpha value is -1.25. The van der Waals surface area contributed by atoms with Gasteiger partial charge in [-0.2, -0.15) is 0 Å². The molecule has 3 nitrogen and oxygen atoms in total. The second-order valence-electron chi connectivity index (χ2n) is 4.06. The molecule has 1 atom stereocenters. The lowest BCUT2D eigenvalue weighted by atomic mass is 10.2. The average Bonchev–Trinajstić information content (AvgIpc) is 2.76. The Morgan fingerprint density at radius 1 is 1.31 bits per heavy atom. The molecular weight excluding hydrogens is 162 g/mol. The molecule has 2 aliphatic heterocycles. The molecule has 3 heteroatoms. The van der Waals surface area contributed by atoms with Crippen LogP contribution in [0.5, 0.6) is 0 Å². The molecule has 1 aliphatic carbocycles. The Bertz CT molecular complexity index is 351. The van der Waals surface area contributed by atoms with Crippen molar-refractivity contribution in [1.82, 2.24) is 10.6 Å². The largest absolute Gasteiger partial charge is 0.382 e. The number of allylic oxidation sites excluding steroid dienone is 2. The molecule has 0 amide bonds. The molecule has 2 N–H and O–H groups in total. The van der Waals surface area contributed by atoms with Crippen LogP contribution in [-0.4, -0.2) is 24.8 Å². The first-order valence-corrected chi connectivity index (χ1v) is 4.76. The highest BCUT2D eigenvalue weighted by Crippen LogP contribution is 2.47. The van der Waals surface area contributed by atoms with Crippen molar-refractivity contribution in [3.63, 3.8) is 0 Å². The Morgan fingerprint density at radius 3 is 2.92 bits per heavy atom. The van der Waals surface area contributed by atoms with Crippen LogP contribution in [0.1, 0.15) is 13.3 Å². The molecule has 0 saturated heterocycles. The summed E-state index contributed by atoms with van der Waals surface area (Å²) in [5, 5.41) is 6.73. The van der Waals surface area contributed by atoms with Crippen molar-refractivity contribution in [2.75, 3.05) is 13.1 Å². The average molecular weight is 175 g/mol. The molecular formula is C10H13N3. The van der Waals surface area contributed by atoms with Crippen LogP contribution in [0.15, 0.2) is 28.0 Å². The highest BCUT2D eigenvalue weighted by atomic mass is 15.1. The van der Waals surface area contributed by atoms with E-state index < -0.39 is 0 Å². The zero-order valence-corrected chi connectivity index (χ0v) is 7.72. The molecule has 1 fully saturated rings. The van der Waals surface area contributed by atoms with Crippen LogP contribution in [0.2, 0.25) is 0 Å². The maximum atomic E-state index is 4.56. The van der Waals surface area contributed by atoms with Crippen molar-refractivity contribution < 1.29 is 0 Å². The van der Waals surface area contributed by atoms with Gasteiger partial charge in [-0.25, -0.2) is 0 Å². The standard InChI is InChI=1S/C10H13N3/c1-10-5-7(10)4-8-9(6-13-10)12-3-2-11-8/h4,6,11-12H,2-3,5H2,1H3. The van der Waals surface area contributed by atoms with E-state index in [1.165, 1.54) is 11.3 Å². The van der Waals surface area contributed by atoms with E-state index in [-0.39, 0.29) is 5.54 Å². The summed E-state index contributed by atoms with van der Waals surface area (Å²) in [6.45, 7) is 4.19. The van der Waals surface area contributed by atoms with Crippen LogP contribution in [0, 0.1) is 0 Å². The van der Waals surface area contributed by atoms with E-state index in [9.17, 15) is 0 Å². The normalized spacial score (nSPS) is 35.0. The number of rotatable bonds is 0. The van der Waals surface area contributed by atoms with E-state index in [1.54, 1.807) is 0 Å². The summed E-state index contributed by atoms with van der Waals surface area (Å²) in [6.07, 6.45) is 5.34. The summed E-state index contributed by atoms with van der Waals surface area (Å²) < 4.78 is 0. The Morgan fingerprint density at radius 2 is 2.08 bits per heavy atom. The Balaban J connectivity index is 2.04. The summed E-state index contributed by atoms with van der Waals surface area (Å²) in [4.78, 5) is 4.56. The van der Waals surface area contributed by atoms with Gasteiger partial charge in [0, 0.05) is 19.3 Å². The Labute approximate surface area is 77.6 Å². The number of hydrogen-bond acceptors (Lipinski definition) is 3. The minimum atomic E-state index is 0.126. The third kappa shape index (κ3) is 0.996. The lowest BCUT2D eigenvalue weighted by molar-refractivity contribution is 0.684. The Kier molecular flexibility index (Phi) is 1.19. The number of fused-ring (bicyclic) bond motifs is 1. The van der Waals surface area contributed by atoms with Gasteiger partial charge in [0.15, 0.2) is 0 Å². The molecule has 0 radical (unpaired) electrons. The summed E-state index contributed by atoms with van der Waals surface area (Å²) >= 11 is 0. The van der Waals surface area contributed by atoms with Crippen molar-refractivity contribution in [3.8, 4) is 0 Å². The second-order valence-corrected chi connectivity index (χ2v) is 4.06. The quantitative estimate of drug-likeness (QED) is 0.564. The van der Waals surface area contributed by atoms with Crippen molar-refractivity contribution in [2.45, 2.75) is 18.9 Å². The monoisotopic (exact) mass is 175 g/mol. The lowest BCUT2D eigenvalue weighted by Crippen LogP contribution is -2.35. The third-order valence-electron chi connectivity index (χ3n) is 2.94. The fraction of sp³-hybridized carbons (Fsp3) is 0.500. The van der Waals surface area contributed by atoms with Gasteiger partial charge in [-0.3, -0.25) is 4.99 Å². The predicted octanol–water partition coefficient (Wildman–Crippen LogP) is 0.564. The molecule has 13 heavy (non-hydrogen) atoms. The van der Waals surface area contributed by atoms with Crippen molar-refractivity contribution >= 4 is 6.21 Å². The van der Waals surface area contributed by atoms with Crippen molar-refractivity contribution in [3.05, 3.63) is 23.0 Å². The molecule has 1 saturated carbocycles. The van der Waals surface area contributed by atoms with Gasteiger partial charge in [0.05, 0.1) is 16.9 Å². The van der Waals surface area contributed by atoms with E-state index in [2.05, 4.69) is 28.6 Å². The van der Waals surface area contributed by atoms with Crippen molar-refractivity contribution in [2.24, 2.45) is 4.99 Å². The van der Waals surface area contributed by atoms with E-state index in [0.717, 1.165) is 25.2 Å². The SMILES string of the molecule is CC12CC1=CC1=C(C=N2)NCCN1. The highest BCUT2D eigenvalue weighted by molar-refractivity contribution is 5.82. The van der Waals surface area contributed by atoms with Gasteiger partial charge < -0.3 is 10.6 Å². The summed E-state index contributed by atoms with van der Waals surface area (Å²) in [5.74, 6) is 0. The van der Waals surface area contributed by atoms with Crippen LogP contribution in [0.25, 0.3) is 0 Å². The number of hydrogen-bond donors (Lipinski definition) is 2. The maximum absolute atomic E-state index is 4.56. The maximum Gasteiger partial charge on any atom is 0.0832 e. The fourth-order valence-corrected chi connectivity index (χ4v) is 1.87. The minimum absolute atomic E-state index is 0.126. The van der Waals surface area contributed by atoms with Crippen LogP contribution in [-0.2, 0) is 0 Å². The highest BCUT2D eigenvalue weighted by Gasteiger charge is 2.44. The van der Waals surface area contributed by atoms with Gasteiger partial charge in [0.25, 0.3) is 0 Å². The molecule has 0 aromatic rings. The van der Waals surface area contributed by atoms with Gasteiger partial charge >= 0.3 is 0 Å². The van der Waals surface area contributed by atoms with Gasteiger partial charge in [-0.15, -0.1) is 0 Å². The first kappa shape index (κ1) is 7.18. The summed E-state index contributed by atoms with van der Waals surface area (Å²) in [5.41, 5.74) is 3.93. The zero-order chi connectivity index (χ0) is 8.89. The molecule has 0 spiro atoms. The second kappa shape index (κ2) is 2.16. The van der Waals surface area contributed by atoms with Crippen LogP contribution >= 0.6 is 0 Å². The molecule has 3 rings (SSSR count). The molecule has 0 aromatic carbocycles. The molecule has 1 unspecified atom stereocenters. The lowest BCUT2D eigenvalue weighted by Gasteiger charge is -2.18. The molecule has 2 heterocycles. The smallest absolute Gasteiger partial charge is 0.0832 e. The van der Waals surface area contributed by atoms with Crippen molar-refractivity contribution in [1.29, 1.82) is 0 Å². The fourth-order valence-electron chi connectivity index (χ4n) is 1.87. The number of nitrogens with zero attached hydrogens (tertiary/aromatic N) is 1. The minimum Gasteiger partial charge on any atom is -0.382 e. The zero-order valence-electron chi connectivity index (χ0n) is 7.72. The molecule has 0 aromatic heterocycles. The molecule has 3 aliphatic rings. The van der Waals surface area contributed by atoms with Crippen LogP contribution < -0.4 is 10.6 Å². The number of nitrogens with one attached hydrogen (secondary N) is 2. The first-order chi connectivity index (χ1) is 6.28. The first-order valence-electron chi connectivity index (χ1n) is 4.76. The molecule has 68 valence electrons. The summed E-state index contributed by atoms with van der Waals surface area (Å²) in [6, 6.07) is 0. The van der Waals surface area contributed by atoms with E-state index >= 15 is 0 Å². The van der Waals surface area contributed by atoms with E-state index in [1.807, 2.05) is 6.21 Å². The third-order valence-corrected chi connectivity index (χ3v) is 2.94. The molecule has 0 bridgehead atoms.